The smallest absolute Gasteiger partial charge is 0.326 e. The van der Waals surface area contributed by atoms with Crippen molar-refractivity contribution < 1.29 is 23.8 Å². The number of carbonyl (C=O) groups excluding carboxylic acids is 1. The number of halogens is 2. The Morgan fingerprint density at radius 3 is 2.50 bits per heavy atom. The van der Waals surface area contributed by atoms with Crippen LogP contribution in [-0.4, -0.2) is 35.2 Å². The lowest BCUT2D eigenvalue weighted by molar-refractivity contribution is -0.140. The van der Waals surface area contributed by atoms with Crippen LogP contribution in [0.2, 0.25) is 0 Å². The van der Waals surface area contributed by atoms with Gasteiger partial charge in [-0.25, -0.2) is 9.18 Å². The summed E-state index contributed by atoms with van der Waals surface area (Å²) in [5.74, 6) is -2.40. The van der Waals surface area contributed by atoms with Crippen molar-refractivity contribution in [3.63, 3.8) is 0 Å². The predicted octanol–water partition coefficient (Wildman–Crippen LogP) is 2.98. The third-order valence-corrected chi connectivity index (χ3v) is 3.13. The zero-order valence-electron chi connectivity index (χ0n) is 12.7. The minimum Gasteiger partial charge on any atom is -0.480 e. The summed E-state index contributed by atoms with van der Waals surface area (Å²) < 4.78 is 19.1. The lowest BCUT2D eigenvalue weighted by Crippen LogP contribution is -2.42. The van der Waals surface area contributed by atoms with Gasteiger partial charge < -0.3 is 15.2 Å². The molecule has 0 saturated carbocycles. The van der Waals surface area contributed by atoms with Gasteiger partial charge in [-0.05, 0) is 39.0 Å². The third kappa shape index (κ3) is 6.53. The largest absolute Gasteiger partial charge is 0.480 e. The molecule has 1 aromatic rings. The van der Waals surface area contributed by atoms with Crippen molar-refractivity contribution in [3.05, 3.63) is 34.1 Å². The summed E-state index contributed by atoms with van der Waals surface area (Å²) in [6.07, 6.45) is 0.120. The van der Waals surface area contributed by atoms with E-state index in [1.54, 1.807) is 0 Å². The number of benzene rings is 1. The molecule has 0 heterocycles. The van der Waals surface area contributed by atoms with Gasteiger partial charge in [0.1, 0.15) is 11.9 Å². The molecule has 5 nitrogen and oxygen atoms in total. The first-order chi connectivity index (χ1) is 10.1. The van der Waals surface area contributed by atoms with Crippen LogP contribution in [0, 0.1) is 5.82 Å². The minimum absolute atomic E-state index is 0.0508. The van der Waals surface area contributed by atoms with Gasteiger partial charge in [-0.15, -0.1) is 0 Å². The zero-order valence-corrected chi connectivity index (χ0v) is 14.2. The maximum atomic E-state index is 13.3. The van der Waals surface area contributed by atoms with Crippen LogP contribution < -0.4 is 5.32 Å². The van der Waals surface area contributed by atoms with Gasteiger partial charge in [0.05, 0.1) is 5.60 Å². The highest BCUT2D eigenvalue weighted by molar-refractivity contribution is 9.10. The number of nitrogens with one attached hydrogen (secondary N) is 1. The lowest BCUT2D eigenvalue weighted by atomic mass is 10.1. The van der Waals surface area contributed by atoms with Gasteiger partial charge in [-0.1, -0.05) is 15.9 Å². The number of carboxylic acids is 1. The molecule has 2 N–H and O–H groups in total. The summed E-state index contributed by atoms with van der Waals surface area (Å²) in [4.78, 5) is 23.2. The van der Waals surface area contributed by atoms with E-state index in [-0.39, 0.29) is 24.2 Å². The van der Waals surface area contributed by atoms with E-state index in [1.807, 2.05) is 20.8 Å². The summed E-state index contributed by atoms with van der Waals surface area (Å²) in [5, 5.41) is 11.5. The monoisotopic (exact) mass is 375 g/mol. The molecule has 1 rings (SSSR count). The number of rotatable bonds is 6. The number of aliphatic carboxylic acids is 1. The second-order valence-electron chi connectivity index (χ2n) is 5.77. The molecule has 0 aromatic heterocycles. The Labute approximate surface area is 137 Å². The Kier molecular flexibility index (Phi) is 6.49. The van der Waals surface area contributed by atoms with Crippen molar-refractivity contribution in [1.29, 1.82) is 0 Å². The zero-order chi connectivity index (χ0) is 16.9. The molecule has 1 aromatic carbocycles. The average molecular weight is 376 g/mol. The van der Waals surface area contributed by atoms with Gasteiger partial charge in [-0.3, -0.25) is 4.79 Å². The van der Waals surface area contributed by atoms with Crippen LogP contribution in [0.15, 0.2) is 22.7 Å². The van der Waals surface area contributed by atoms with E-state index in [2.05, 4.69) is 21.2 Å². The number of hydrogen-bond donors (Lipinski definition) is 2. The van der Waals surface area contributed by atoms with Crippen LogP contribution in [-0.2, 0) is 9.53 Å². The van der Waals surface area contributed by atoms with E-state index < -0.39 is 23.7 Å². The number of amides is 1. The number of carboxylic acid groups (broad SMARTS) is 1. The molecule has 0 aliphatic heterocycles. The third-order valence-electron chi connectivity index (χ3n) is 2.67. The van der Waals surface area contributed by atoms with Crippen LogP contribution in [0.5, 0.6) is 0 Å². The van der Waals surface area contributed by atoms with Crippen LogP contribution in [0.3, 0.4) is 0 Å². The van der Waals surface area contributed by atoms with Gasteiger partial charge in [0.2, 0.25) is 0 Å². The van der Waals surface area contributed by atoms with Crippen LogP contribution >= 0.6 is 15.9 Å². The van der Waals surface area contributed by atoms with E-state index in [9.17, 15) is 14.0 Å². The lowest BCUT2D eigenvalue weighted by Gasteiger charge is -2.21. The van der Waals surface area contributed by atoms with Crippen LogP contribution in [0.25, 0.3) is 0 Å². The highest BCUT2D eigenvalue weighted by atomic mass is 79.9. The first kappa shape index (κ1) is 18.6. The summed E-state index contributed by atoms with van der Waals surface area (Å²) in [7, 11) is 0. The van der Waals surface area contributed by atoms with E-state index >= 15 is 0 Å². The van der Waals surface area contributed by atoms with Crippen molar-refractivity contribution in [3.8, 4) is 0 Å². The fourth-order valence-corrected chi connectivity index (χ4v) is 2.13. The molecular formula is C15H19BrFNO4. The van der Waals surface area contributed by atoms with Crippen molar-refractivity contribution in [2.45, 2.75) is 38.8 Å². The molecule has 1 atom stereocenters. The molecule has 122 valence electrons. The Hall–Kier alpha value is -1.47. The summed E-state index contributed by atoms with van der Waals surface area (Å²) in [6, 6.07) is 2.58. The Morgan fingerprint density at radius 2 is 2.00 bits per heavy atom. The molecule has 0 bridgehead atoms. The highest BCUT2D eigenvalue weighted by Gasteiger charge is 2.22. The second-order valence-corrected chi connectivity index (χ2v) is 6.69. The van der Waals surface area contributed by atoms with Gasteiger partial charge in [0.15, 0.2) is 0 Å². The van der Waals surface area contributed by atoms with Gasteiger partial charge in [0, 0.05) is 23.1 Å². The number of ether oxygens (including phenoxy) is 1. The molecule has 0 fully saturated rings. The van der Waals surface area contributed by atoms with Crippen molar-refractivity contribution in [1.82, 2.24) is 5.32 Å². The number of carbonyl (C=O) groups is 2. The molecule has 0 saturated heterocycles. The summed E-state index contributed by atoms with van der Waals surface area (Å²) in [5.41, 5.74) is -0.338. The van der Waals surface area contributed by atoms with E-state index in [1.165, 1.54) is 12.1 Å². The topological polar surface area (TPSA) is 75.6 Å². The molecule has 7 heteroatoms. The van der Waals surface area contributed by atoms with Crippen molar-refractivity contribution in [2.75, 3.05) is 6.61 Å². The normalized spacial score (nSPS) is 12.8. The van der Waals surface area contributed by atoms with E-state index in [4.69, 9.17) is 9.84 Å². The van der Waals surface area contributed by atoms with Gasteiger partial charge in [-0.2, -0.15) is 0 Å². The summed E-state index contributed by atoms with van der Waals surface area (Å²) >= 11 is 3.08. The number of hydrogen-bond acceptors (Lipinski definition) is 3. The van der Waals surface area contributed by atoms with Crippen molar-refractivity contribution >= 4 is 27.8 Å². The molecule has 22 heavy (non-hydrogen) atoms. The maximum absolute atomic E-state index is 13.3. The van der Waals surface area contributed by atoms with Crippen molar-refractivity contribution in [2.24, 2.45) is 0 Å². The minimum atomic E-state index is -1.17. The first-order valence-corrected chi connectivity index (χ1v) is 7.51. The van der Waals surface area contributed by atoms with Gasteiger partial charge in [0.25, 0.3) is 5.91 Å². The highest BCUT2D eigenvalue weighted by Crippen LogP contribution is 2.15. The molecule has 0 spiro atoms. The molecule has 0 aliphatic rings. The molecule has 1 unspecified atom stereocenters. The average Bonchev–Trinajstić information content (AvgIpc) is 2.34. The van der Waals surface area contributed by atoms with Crippen LogP contribution in [0.4, 0.5) is 4.39 Å². The van der Waals surface area contributed by atoms with Gasteiger partial charge >= 0.3 is 5.97 Å². The summed E-state index contributed by atoms with van der Waals surface area (Å²) in [6.45, 7) is 5.75. The standard InChI is InChI=1S/C15H19BrFNO4/c1-15(2,3)22-5-4-12(14(20)21)18-13(19)9-6-10(16)8-11(17)7-9/h6-8,12H,4-5H2,1-3H3,(H,18,19)(H,20,21). The Morgan fingerprint density at radius 1 is 1.36 bits per heavy atom. The first-order valence-electron chi connectivity index (χ1n) is 6.72. The predicted molar refractivity (Wildman–Crippen MR) is 83.3 cm³/mol. The van der Waals surface area contributed by atoms with E-state index in [0.717, 1.165) is 6.07 Å². The maximum Gasteiger partial charge on any atom is 0.326 e. The molecule has 1 amide bonds. The fourth-order valence-electron chi connectivity index (χ4n) is 1.67. The molecular weight excluding hydrogens is 357 g/mol. The van der Waals surface area contributed by atoms with Crippen LogP contribution in [0.1, 0.15) is 37.6 Å². The molecule has 0 aliphatic carbocycles. The fraction of sp³-hybridized carbons (Fsp3) is 0.467. The van der Waals surface area contributed by atoms with E-state index in [0.29, 0.717) is 4.47 Å². The Bertz CT molecular complexity index is 537. The second kappa shape index (κ2) is 7.69. The SMILES string of the molecule is CC(C)(C)OCCC(NC(=O)c1cc(F)cc(Br)c1)C(=O)O. The Balaban J connectivity index is 2.70. The quantitative estimate of drug-likeness (QED) is 0.801. The molecule has 0 radical (unpaired) electrons.